The molecule has 4 atom stereocenters. The minimum atomic E-state index is -0.977. The number of aliphatic carboxylic acids is 1. The summed E-state index contributed by atoms with van der Waals surface area (Å²) in [5.74, 6) is -2.88. The number of hydrogen-bond donors (Lipinski definition) is 4. The molecular weight excluding hydrogens is 562 g/mol. The number of phenolic OH excluding ortho intramolecular Hbond substituents is 1. The number of likely N-dealkylation sites (tertiary alicyclic amines) is 1. The number of benzene rings is 2. The van der Waals surface area contributed by atoms with E-state index in [1.165, 1.54) is 4.90 Å². The van der Waals surface area contributed by atoms with Crippen molar-refractivity contribution in [1.82, 2.24) is 4.90 Å². The van der Waals surface area contributed by atoms with E-state index < -0.39 is 36.4 Å². The van der Waals surface area contributed by atoms with Gasteiger partial charge in [-0.2, -0.15) is 0 Å². The van der Waals surface area contributed by atoms with Gasteiger partial charge in [0.2, 0.25) is 11.8 Å². The van der Waals surface area contributed by atoms with Crippen LogP contribution in [0.25, 0.3) is 6.08 Å². The molecule has 0 aromatic heterocycles. The maximum absolute atomic E-state index is 13.6. The van der Waals surface area contributed by atoms with E-state index in [-0.39, 0.29) is 43.6 Å². The summed E-state index contributed by atoms with van der Waals surface area (Å²) in [7, 11) is 0. The second kappa shape index (κ2) is 15.7. The van der Waals surface area contributed by atoms with E-state index >= 15 is 0 Å². The van der Waals surface area contributed by atoms with Crippen molar-refractivity contribution in [3.63, 3.8) is 0 Å². The van der Waals surface area contributed by atoms with Crippen LogP contribution in [0.3, 0.4) is 0 Å². The number of para-hydroxylation sites is 2. The third-order valence-electron chi connectivity index (χ3n) is 8.75. The Kier molecular flexibility index (Phi) is 11.7. The smallest absolute Gasteiger partial charge is 0.303 e. The summed E-state index contributed by atoms with van der Waals surface area (Å²) in [6.07, 6.45) is 4.36. The molecule has 1 heterocycles. The number of amides is 2. The first-order chi connectivity index (χ1) is 21.2. The number of unbranched alkanes of at least 4 members (excludes halogenated alkanes) is 2. The van der Waals surface area contributed by atoms with Crippen LogP contribution >= 0.6 is 0 Å². The van der Waals surface area contributed by atoms with E-state index in [0.717, 1.165) is 5.57 Å². The number of fused-ring (bicyclic) bond motifs is 1. The van der Waals surface area contributed by atoms with Crippen molar-refractivity contribution in [2.75, 3.05) is 19.8 Å². The molecule has 2 aromatic rings. The molecule has 9 heteroatoms. The van der Waals surface area contributed by atoms with Gasteiger partial charge in [0, 0.05) is 24.4 Å². The van der Waals surface area contributed by atoms with Gasteiger partial charge in [0.05, 0.1) is 24.5 Å². The van der Waals surface area contributed by atoms with E-state index in [4.69, 9.17) is 9.84 Å². The summed E-state index contributed by atoms with van der Waals surface area (Å²) in [5, 5.41) is 41.4. The second-order valence-corrected chi connectivity index (χ2v) is 11.6. The summed E-state index contributed by atoms with van der Waals surface area (Å²) in [6, 6.07) is 16.3. The SMILES string of the molecule is CC/C(=C\c1ccccc1O)CC[C@@H](O)C1=C(COc2ccccc2)C[C@H]2C(=O)N(CCCCCC(=O)O)C(=O)[C@H]2[C@H]1CO. The van der Waals surface area contributed by atoms with Gasteiger partial charge >= 0.3 is 5.97 Å². The zero-order valence-electron chi connectivity index (χ0n) is 25.2. The van der Waals surface area contributed by atoms with Crippen molar-refractivity contribution in [3.05, 3.63) is 76.9 Å². The number of nitrogens with zero attached hydrogens (tertiary/aromatic N) is 1. The van der Waals surface area contributed by atoms with Gasteiger partial charge in [-0.15, -0.1) is 0 Å². The summed E-state index contributed by atoms with van der Waals surface area (Å²) in [6.45, 7) is 1.92. The summed E-state index contributed by atoms with van der Waals surface area (Å²) < 4.78 is 6.06. The van der Waals surface area contributed by atoms with Crippen molar-refractivity contribution >= 4 is 23.9 Å². The van der Waals surface area contributed by atoms with Crippen molar-refractivity contribution in [2.45, 2.75) is 64.4 Å². The summed E-state index contributed by atoms with van der Waals surface area (Å²) >= 11 is 0. The Morgan fingerprint density at radius 2 is 1.75 bits per heavy atom. The molecule has 1 fully saturated rings. The van der Waals surface area contributed by atoms with Crippen LogP contribution in [-0.4, -0.2) is 69.0 Å². The minimum Gasteiger partial charge on any atom is -0.507 e. The van der Waals surface area contributed by atoms with Crippen LogP contribution < -0.4 is 4.74 Å². The highest BCUT2D eigenvalue weighted by molar-refractivity contribution is 6.05. The van der Waals surface area contributed by atoms with E-state index in [0.29, 0.717) is 61.0 Å². The van der Waals surface area contributed by atoms with E-state index in [9.17, 15) is 29.7 Å². The van der Waals surface area contributed by atoms with Crippen LogP contribution in [0.2, 0.25) is 0 Å². The average Bonchev–Trinajstić information content (AvgIpc) is 3.26. The standard InChI is InChI=1S/C35H43NO8/c1-2-23(19-24-11-8-9-14-29(24)38)16-17-30(39)32-25(22-44-26-12-5-3-6-13-26)20-27-33(28(32)21-37)35(43)36(34(27)42)18-10-4-7-15-31(40)41/h3,5-6,8-9,11-14,19,27-28,30,33,37-39H,2,4,7,10,15-18,20-22H2,1H3,(H,40,41)/b23-19+/t27-,28+,30-,33-/m1/s1. The minimum absolute atomic E-state index is 0.0388. The van der Waals surface area contributed by atoms with Gasteiger partial charge in [-0.1, -0.05) is 61.4 Å². The maximum atomic E-state index is 13.6. The Hall–Kier alpha value is -3.95. The van der Waals surface area contributed by atoms with Crippen LogP contribution in [0.15, 0.2) is 71.3 Å². The molecule has 1 saturated heterocycles. The van der Waals surface area contributed by atoms with Gasteiger partial charge < -0.3 is 25.2 Å². The molecule has 44 heavy (non-hydrogen) atoms. The highest BCUT2D eigenvalue weighted by Crippen LogP contribution is 2.46. The monoisotopic (exact) mass is 605 g/mol. The Morgan fingerprint density at radius 3 is 2.43 bits per heavy atom. The average molecular weight is 606 g/mol. The number of carboxylic acids is 1. The summed E-state index contributed by atoms with van der Waals surface area (Å²) in [4.78, 5) is 39.2. The second-order valence-electron chi connectivity index (χ2n) is 11.6. The third-order valence-corrected chi connectivity index (χ3v) is 8.75. The van der Waals surface area contributed by atoms with Crippen LogP contribution in [0, 0.1) is 17.8 Å². The van der Waals surface area contributed by atoms with Crippen LogP contribution in [0.4, 0.5) is 0 Å². The first-order valence-electron chi connectivity index (χ1n) is 15.5. The Labute approximate surface area is 258 Å². The fourth-order valence-electron chi connectivity index (χ4n) is 6.45. The number of hydrogen-bond acceptors (Lipinski definition) is 7. The number of imide groups is 1. The first kappa shape index (κ1) is 33.0. The molecule has 1 aliphatic heterocycles. The predicted molar refractivity (Wildman–Crippen MR) is 166 cm³/mol. The lowest BCUT2D eigenvalue weighted by Gasteiger charge is -2.36. The number of aliphatic hydroxyl groups is 2. The van der Waals surface area contributed by atoms with Crippen molar-refractivity contribution in [3.8, 4) is 11.5 Å². The molecule has 2 amide bonds. The van der Waals surface area contributed by atoms with Gasteiger partial charge in [-0.3, -0.25) is 19.3 Å². The van der Waals surface area contributed by atoms with E-state index in [2.05, 4.69) is 0 Å². The molecule has 0 saturated carbocycles. The molecule has 0 spiro atoms. The molecule has 0 bridgehead atoms. The fourth-order valence-corrected chi connectivity index (χ4v) is 6.45. The maximum Gasteiger partial charge on any atom is 0.303 e. The van der Waals surface area contributed by atoms with Gasteiger partial charge in [-0.25, -0.2) is 0 Å². The molecule has 236 valence electrons. The lowest BCUT2D eigenvalue weighted by atomic mass is 9.68. The van der Waals surface area contributed by atoms with Gasteiger partial charge in [0.1, 0.15) is 18.1 Å². The number of carbonyl (C=O) groups excluding carboxylic acids is 2. The number of aromatic hydroxyl groups is 1. The topological polar surface area (TPSA) is 145 Å². The summed E-state index contributed by atoms with van der Waals surface area (Å²) in [5.41, 5.74) is 3.01. The molecule has 2 aromatic carbocycles. The third kappa shape index (κ3) is 7.95. The number of carbonyl (C=O) groups is 3. The molecular formula is C35H43NO8. The normalized spacial score (nSPS) is 21.0. The lowest BCUT2D eigenvalue weighted by Crippen LogP contribution is -2.40. The molecule has 9 nitrogen and oxygen atoms in total. The largest absolute Gasteiger partial charge is 0.507 e. The Bertz CT molecular complexity index is 1370. The van der Waals surface area contributed by atoms with Gasteiger partial charge in [-0.05, 0) is 67.9 Å². The molecule has 1 aliphatic carbocycles. The molecule has 0 radical (unpaired) electrons. The number of aliphatic hydroxyl groups excluding tert-OH is 2. The predicted octanol–water partition coefficient (Wildman–Crippen LogP) is 4.96. The van der Waals surface area contributed by atoms with Crippen molar-refractivity contribution in [2.24, 2.45) is 17.8 Å². The Morgan fingerprint density at radius 1 is 1.02 bits per heavy atom. The van der Waals surface area contributed by atoms with Crippen LogP contribution in [0.5, 0.6) is 11.5 Å². The number of carboxylic acid groups (broad SMARTS) is 1. The Balaban J connectivity index is 1.56. The molecule has 4 rings (SSSR count). The number of allylic oxidation sites excluding steroid dienone is 1. The first-order valence-corrected chi connectivity index (χ1v) is 15.5. The highest BCUT2D eigenvalue weighted by atomic mass is 16.5. The van der Waals surface area contributed by atoms with Crippen LogP contribution in [-0.2, 0) is 14.4 Å². The van der Waals surface area contributed by atoms with Gasteiger partial charge in [0.25, 0.3) is 0 Å². The van der Waals surface area contributed by atoms with Crippen LogP contribution in [0.1, 0.15) is 63.9 Å². The number of rotatable bonds is 16. The number of phenols is 1. The van der Waals surface area contributed by atoms with Crippen molar-refractivity contribution in [1.29, 1.82) is 0 Å². The zero-order chi connectivity index (χ0) is 31.6. The zero-order valence-corrected chi connectivity index (χ0v) is 25.2. The van der Waals surface area contributed by atoms with Crippen molar-refractivity contribution < 1.29 is 39.5 Å². The molecule has 4 N–H and O–H groups in total. The van der Waals surface area contributed by atoms with E-state index in [1.54, 1.807) is 12.1 Å². The molecule has 0 unspecified atom stereocenters. The van der Waals surface area contributed by atoms with E-state index in [1.807, 2.05) is 55.5 Å². The number of ether oxygens (including phenoxy) is 1. The van der Waals surface area contributed by atoms with Gasteiger partial charge in [0.15, 0.2) is 0 Å². The highest BCUT2D eigenvalue weighted by Gasteiger charge is 2.54. The quantitative estimate of drug-likeness (QED) is 0.119. The lowest BCUT2D eigenvalue weighted by molar-refractivity contribution is -0.141. The fraction of sp³-hybridized carbons (Fsp3) is 0.457. The molecule has 2 aliphatic rings.